The Morgan fingerprint density at radius 2 is 1.56 bits per heavy atom. The first kappa shape index (κ1) is 16.4. The maximum absolute atomic E-state index is 12.0. The molecule has 0 saturated heterocycles. The Balaban J connectivity index is 1.63. The summed E-state index contributed by atoms with van der Waals surface area (Å²) in [5.74, 6) is 1.14. The molecule has 3 aromatic rings. The van der Waals surface area contributed by atoms with E-state index in [-0.39, 0.29) is 0 Å². The molecule has 3 N–H and O–H groups in total. The van der Waals surface area contributed by atoms with Crippen LogP contribution in [0.1, 0.15) is 0 Å². The van der Waals surface area contributed by atoms with Gasteiger partial charge in [0.15, 0.2) is 0 Å². The molecule has 0 bridgehead atoms. The molecule has 1 amide bonds. The van der Waals surface area contributed by atoms with E-state index < -0.39 is 6.09 Å². The summed E-state index contributed by atoms with van der Waals surface area (Å²) in [6.07, 6.45) is -0.554. The van der Waals surface area contributed by atoms with E-state index in [0.717, 1.165) is 11.1 Å². The largest absolute Gasteiger partial charge is 0.497 e. The highest BCUT2D eigenvalue weighted by atomic mass is 16.6. The lowest BCUT2D eigenvalue weighted by Crippen LogP contribution is -2.16. The molecule has 126 valence electrons. The number of nitrogens with two attached hydrogens (primary N) is 1. The number of carbonyl (C=O) groups is 1. The van der Waals surface area contributed by atoms with Crippen LogP contribution in [-0.4, -0.2) is 13.2 Å². The molecule has 0 aliphatic heterocycles. The van der Waals surface area contributed by atoms with Crippen LogP contribution in [0.25, 0.3) is 11.1 Å². The molecule has 25 heavy (non-hydrogen) atoms. The number of nitrogens with one attached hydrogen (secondary N) is 1. The van der Waals surface area contributed by atoms with Crippen molar-refractivity contribution in [2.24, 2.45) is 0 Å². The maximum atomic E-state index is 12.0. The van der Waals surface area contributed by atoms with Crippen molar-refractivity contribution in [2.75, 3.05) is 18.2 Å². The van der Waals surface area contributed by atoms with Gasteiger partial charge in [0.25, 0.3) is 0 Å². The van der Waals surface area contributed by atoms with E-state index in [0.29, 0.717) is 22.9 Å². The lowest BCUT2D eigenvalue weighted by molar-refractivity contribution is 0.215. The van der Waals surface area contributed by atoms with Crippen molar-refractivity contribution in [3.05, 3.63) is 72.8 Å². The van der Waals surface area contributed by atoms with Gasteiger partial charge in [-0.2, -0.15) is 0 Å². The van der Waals surface area contributed by atoms with Crippen molar-refractivity contribution in [1.82, 2.24) is 0 Å². The van der Waals surface area contributed by atoms with E-state index in [9.17, 15) is 4.79 Å². The van der Waals surface area contributed by atoms with Crippen molar-refractivity contribution in [2.45, 2.75) is 0 Å². The molecule has 3 aromatic carbocycles. The SMILES string of the molecule is COc1ccc(OC(=O)Nc2ccc(-c3cccc(N)c3)cc2)cc1. The average molecular weight is 334 g/mol. The molecule has 0 heterocycles. The molecule has 0 spiro atoms. The molecular formula is C20H18N2O3. The Kier molecular flexibility index (Phi) is 4.85. The van der Waals surface area contributed by atoms with E-state index >= 15 is 0 Å². The van der Waals surface area contributed by atoms with E-state index in [1.807, 2.05) is 48.5 Å². The van der Waals surface area contributed by atoms with Gasteiger partial charge >= 0.3 is 6.09 Å². The molecule has 5 heteroatoms. The fraction of sp³-hybridized carbons (Fsp3) is 0.0500. The number of anilines is 2. The van der Waals surface area contributed by atoms with Crippen LogP contribution in [0.2, 0.25) is 0 Å². The summed E-state index contributed by atoms with van der Waals surface area (Å²) in [6, 6.07) is 21.9. The fourth-order valence-corrected chi connectivity index (χ4v) is 2.36. The third-order valence-electron chi connectivity index (χ3n) is 3.62. The second kappa shape index (κ2) is 7.40. The molecular weight excluding hydrogens is 316 g/mol. The predicted molar refractivity (Wildman–Crippen MR) is 98.9 cm³/mol. The number of hydrogen-bond acceptors (Lipinski definition) is 4. The second-order valence-electron chi connectivity index (χ2n) is 5.39. The minimum atomic E-state index is -0.554. The molecule has 0 aromatic heterocycles. The minimum Gasteiger partial charge on any atom is -0.497 e. The monoisotopic (exact) mass is 334 g/mol. The van der Waals surface area contributed by atoms with Gasteiger partial charge in [-0.05, 0) is 59.7 Å². The van der Waals surface area contributed by atoms with Gasteiger partial charge in [0.2, 0.25) is 0 Å². The zero-order valence-corrected chi connectivity index (χ0v) is 13.7. The summed E-state index contributed by atoms with van der Waals surface area (Å²) < 4.78 is 10.3. The molecule has 0 aliphatic rings. The van der Waals surface area contributed by atoms with Crippen LogP contribution >= 0.6 is 0 Å². The summed E-state index contributed by atoms with van der Waals surface area (Å²) in [6.45, 7) is 0. The minimum absolute atomic E-state index is 0.440. The van der Waals surface area contributed by atoms with Gasteiger partial charge in [-0.15, -0.1) is 0 Å². The van der Waals surface area contributed by atoms with E-state index in [1.165, 1.54) is 0 Å². The summed E-state index contributed by atoms with van der Waals surface area (Å²) >= 11 is 0. The number of benzene rings is 3. The Bertz CT molecular complexity index is 859. The van der Waals surface area contributed by atoms with Gasteiger partial charge in [0, 0.05) is 11.4 Å². The van der Waals surface area contributed by atoms with Crippen LogP contribution in [0.15, 0.2) is 72.8 Å². The lowest BCUT2D eigenvalue weighted by atomic mass is 10.0. The van der Waals surface area contributed by atoms with Gasteiger partial charge in [0.1, 0.15) is 11.5 Å². The maximum Gasteiger partial charge on any atom is 0.417 e. The number of rotatable bonds is 4. The van der Waals surface area contributed by atoms with Gasteiger partial charge < -0.3 is 15.2 Å². The van der Waals surface area contributed by atoms with Gasteiger partial charge in [-0.3, -0.25) is 5.32 Å². The molecule has 0 unspecified atom stereocenters. The van der Waals surface area contributed by atoms with Crippen LogP contribution in [0.3, 0.4) is 0 Å². The topological polar surface area (TPSA) is 73.6 Å². The highest BCUT2D eigenvalue weighted by Gasteiger charge is 2.06. The zero-order chi connectivity index (χ0) is 17.6. The van der Waals surface area contributed by atoms with E-state index in [1.54, 1.807) is 31.4 Å². The Hall–Kier alpha value is -3.47. The summed E-state index contributed by atoms with van der Waals surface area (Å²) in [5.41, 5.74) is 9.19. The van der Waals surface area contributed by atoms with Crippen molar-refractivity contribution in [3.8, 4) is 22.6 Å². The first-order chi connectivity index (χ1) is 12.1. The highest BCUT2D eigenvalue weighted by Crippen LogP contribution is 2.23. The average Bonchev–Trinajstić information content (AvgIpc) is 2.63. The summed E-state index contributed by atoms with van der Waals surface area (Å²) in [7, 11) is 1.58. The van der Waals surface area contributed by atoms with Crippen molar-refractivity contribution in [1.29, 1.82) is 0 Å². The third kappa shape index (κ3) is 4.29. The lowest BCUT2D eigenvalue weighted by Gasteiger charge is -2.08. The number of methoxy groups -OCH3 is 1. The molecule has 0 saturated carbocycles. The van der Waals surface area contributed by atoms with Gasteiger partial charge in [0.05, 0.1) is 7.11 Å². The fourth-order valence-electron chi connectivity index (χ4n) is 2.36. The Morgan fingerprint density at radius 3 is 2.20 bits per heavy atom. The molecule has 0 atom stereocenters. The number of ether oxygens (including phenoxy) is 2. The van der Waals surface area contributed by atoms with E-state index in [2.05, 4.69) is 5.32 Å². The second-order valence-corrected chi connectivity index (χ2v) is 5.39. The number of nitrogen functional groups attached to an aromatic ring is 1. The number of amides is 1. The normalized spacial score (nSPS) is 10.1. The molecule has 0 fully saturated rings. The van der Waals surface area contributed by atoms with Crippen molar-refractivity contribution < 1.29 is 14.3 Å². The molecule has 0 aliphatic carbocycles. The van der Waals surface area contributed by atoms with Crippen molar-refractivity contribution >= 4 is 17.5 Å². The van der Waals surface area contributed by atoms with Crippen molar-refractivity contribution in [3.63, 3.8) is 0 Å². The summed E-state index contributed by atoms with van der Waals surface area (Å²) in [5, 5.41) is 2.69. The first-order valence-corrected chi connectivity index (χ1v) is 7.73. The van der Waals surface area contributed by atoms with Gasteiger partial charge in [-0.1, -0.05) is 24.3 Å². The quantitative estimate of drug-likeness (QED) is 0.686. The smallest absolute Gasteiger partial charge is 0.417 e. The Labute approximate surface area is 146 Å². The van der Waals surface area contributed by atoms with Crippen LogP contribution in [0.4, 0.5) is 16.2 Å². The number of hydrogen-bond donors (Lipinski definition) is 2. The predicted octanol–water partition coefficient (Wildman–Crippen LogP) is 4.56. The molecule has 5 nitrogen and oxygen atoms in total. The summed E-state index contributed by atoms with van der Waals surface area (Å²) in [4.78, 5) is 12.0. The highest BCUT2D eigenvalue weighted by molar-refractivity contribution is 5.86. The third-order valence-corrected chi connectivity index (χ3v) is 3.62. The molecule has 0 radical (unpaired) electrons. The standard InChI is InChI=1S/C20H18N2O3/c1-24-18-9-11-19(12-10-18)25-20(23)22-17-7-5-14(6-8-17)15-3-2-4-16(21)13-15/h2-13H,21H2,1H3,(H,22,23). The zero-order valence-electron chi connectivity index (χ0n) is 13.7. The Morgan fingerprint density at radius 1 is 0.880 bits per heavy atom. The van der Waals surface area contributed by atoms with E-state index in [4.69, 9.17) is 15.2 Å². The van der Waals surface area contributed by atoms with Crippen LogP contribution in [0.5, 0.6) is 11.5 Å². The van der Waals surface area contributed by atoms with Crippen LogP contribution in [0, 0.1) is 0 Å². The number of carbonyl (C=O) groups excluding carboxylic acids is 1. The van der Waals surface area contributed by atoms with Gasteiger partial charge in [-0.25, -0.2) is 4.79 Å². The van der Waals surface area contributed by atoms with Crippen LogP contribution in [-0.2, 0) is 0 Å². The molecule has 3 rings (SSSR count). The van der Waals surface area contributed by atoms with Crippen LogP contribution < -0.4 is 20.5 Å². The first-order valence-electron chi connectivity index (χ1n) is 7.73.